The van der Waals surface area contributed by atoms with Gasteiger partial charge < -0.3 is 10.7 Å². The van der Waals surface area contributed by atoms with Crippen molar-refractivity contribution in [1.82, 2.24) is 4.98 Å². The highest BCUT2D eigenvalue weighted by Crippen LogP contribution is 2.19. The lowest BCUT2D eigenvalue weighted by atomic mass is 10.1. The molecular formula is C13H10N6. The molecule has 0 radical (unpaired) electrons. The Balaban J connectivity index is 2.29. The van der Waals surface area contributed by atoms with Crippen LogP contribution in [0.25, 0.3) is 0 Å². The third-order valence-electron chi connectivity index (χ3n) is 2.43. The highest BCUT2D eigenvalue weighted by Gasteiger charge is 2.04. The minimum absolute atomic E-state index is 0.320. The molecule has 1 aromatic carbocycles. The van der Waals surface area contributed by atoms with Crippen molar-refractivity contribution < 1.29 is 0 Å². The van der Waals surface area contributed by atoms with Crippen LogP contribution in [-0.4, -0.2) is 4.98 Å². The molecule has 0 aliphatic rings. The van der Waals surface area contributed by atoms with Gasteiger partial charge >= 0.3 is 0 Å². The largest absolute Gasteiger partial charge is 0.340 e. The van der Waals surface area contributed by atoms with E-state index >= 15 is 0 Å². The second-order valence-electron chi connectivity index (χ2n) is 3.66. The van der Waals surface area contributed by atoms with Gasteiger partial charge in [0, 0.05) is 5.69 Å². The Morgan fingerprint density at radius 2 is 1.74 bits per heavy atom. The zero-order chi connectivity index (χ0) is 13.7. The zero-order valence-electron chi connectivity index (χ0n) is 9.88. The molecule has 19 heavy (non-hydrogen) atoms. The minimum Gasteiger partial charge on any atom is -0.340 e. The normalized spacial score (nSPS) is 9.21. The van der Waals surface area contributed by atoms with Gasteiger partial charge in [0.25, 0.3) is 0 Å². The number of nitrogens with zero attached hydrogens (tertiary/aromatic N) is 3. The Labute approximate surface area is 110 Å². The molecular weight excluding hydrogens is 240 g/mol. The Bertz CT molecular complexity index is 680. The average Bonchev–Trinajstić information content (AvgIpc) is 2.47. The molecule has 0 spiro atoms. The first-order valence-electron chi connectivity index (χ1n) is 5.42. The summed E-state index contributed by atoms with van der Waals surface area (Å²) in [5.41, 5.74) is 3.79. The Morgan fingerprint density at radius 3 is 2.42 bits per heavy atom. The fourth-order valence-electron chi connectivity index (χ4n) is 1.54. The number of hydrazine groups is 1. The van der Waals surface area contributed by atoms with Crippen LogP contribution in [0.3, 0.4) is 0 Å². The first kappa shape index (κ1) is 12.4. The van der Waals surface area contributed by atoms with E-state index < -0.39 is 0 Å². The van der Waals surface area contributed by atoms with E-state index in [1.165, 1.54) is 0 Å². The highest BCUT2D eigenvalue weighted by molar-refractivity contribution is 5.62. The lowest BCUT2D eigenvalue weighted by Gasteiger charge is -2.07. The van der Waals surface area contributed by atoms with Gasteiger partial charge in [-0.1, -0.05) is 6.07 Å². The lowest BCUT2D eigenvalue weighted by Crippen LogP contribution is -2.08. The molecule has 92 valence electrons. The number of hydrogen-bond donors (Lipinski definition) is 3. The van der Waals surface area contributed by atoms with Gasteiger partial charge in [0.15, 0.2) is 0 Å². The zero-order valence-corrected chi connectivity index (χ0v) is 9.88. The smallest absolute Gasteiger partial charge is 0.142 e. The maximum atomic E-state index is 8.95. The summed E-state index contributed by atoms with van der Waals surface area (Å²) in [6.45, 7) is 0. The van der Waals surface area contributed by atoms with E-state index in [0.29, 0.717) is 28.5 Å². The first-order chi connectivity index (χ1) is 9.26. The van der Waals surface area contributed by atoms with Gasteiger partial charge in [-0.25, -0.2) is 10.8 Å². The van der Waals surface area contributed by atoms with E-state index in [-0.39, 0.29) is 0 Å². The van der Waals surface area contributed by atoms with Crippen molar-refractivity contribution in [1.29, 1.82) is 10.5 Å². The first-order valence-corrected chi connectivity index (χ1v) is 5.42. The molecule has 6 heteroatoms. The van der Waals surface area contributed by atoms with Crippen LogP contribution in [0.15, 0.2) is 36.4 Å². The summed E-state index contributed by atoms with van der Waals surface area (Å²) in [5, 5.41) is 20.8. The molecule has 2 aromatic rings. The topological polar surface area (TPSA) is 111 Å². The molecule has 0 unspecified atom stereocenters. The summed E-state index contributed by atoms with van der Waals surface area (Å²) in [7, 11) is 0. The standard InChI is InChI=1S/C13H10N6/c14-7-9-4-5-11(6-10(9)8-15)17-12-2-1-3-13(18-12)19-16/h1-6H,16H2,(H2,17,18,19). The van der Waals surface area contributed by atoms with Crippen molar-refractivity contribution in [3.63, 3.8) is 0 Å². The average molecular weight is 250 g/mol. The van der Waals surface area contributed by atoms with Gasteiger partial charge in [0.2, 0.25) is 0 Å². The molecule has 0 atom stereocenters. The molecule has 0 aliphatic heterocycles. The van der Waals surface area contributed by atoms with E-state index in [1.54, 1.807) is 36.4 Å². The summed E-state index contributed by atoms with van der Waals surface area (Å²) < 4.78 is 0. The van der Waals surface area contributed by atoms with Crippen LogP contribution >= 0.6 is 0 Å². The highest BCUT2D eigenvalue weighted by atomic mass is 15.3. The summed E-state index contributed by atoms with van der Waals surface area (Å²) in [5.74, 6) is 6.39. The van der Waals surface area contributed by atoms with E-state index in [0.717, 1.165) is 0 Å². The van der Waals surface area contributed by atoms with Crippen LogP contribution in [-0.2, 0) is 0 Å². The van der Waals surface area contributed by atoms with Crippen LogP contribution < -0.4 is 16.6 Å². The second-order valence-corrected chi connectivity index (χ2v) is 3.66. The van der Waals surface area contributed by atoms with Crippen molar-refractivity contribution in [2.45, 2.75) is 0 Å². The number of aromatic nitrogens is 1. The van der Waals surface area contributed by atoms with E-state index in [2.05, 4.69) is 15.7 Å². The Hall–Kier alpha value is -3.09. The Kier molecular flexibility index (Phi) is 3.58. The van der Waals surface area contributed by atoms with Crippen molar-refractivity contribution >= 4 is 17.3 Å². The van der Waals surface area contributed by atoms with Gasteiger partial charge in [-0.05, 0) is 30.3 Å². The SMILES string of the molecule is N#Cc1ccc(Nc2cccc(NN)n2)cc1C#N. The number of nitriles is 2. The maximum absolute atomic E-state index is 8.95. The van der Waals surface area contributed by atoms with Gasteiger partial charge in [0.1, 0.15) is 23.8 Å². The third kappa shape index (κ3) is 2.78. The van der Waals surface area contributed by atoms with Crippen molar-refractivity contribution in [3.05, 3.63) is 47.5 Å². The van der Waals surface area contributed by atoms with Crippen LogP contribution in [0.5, 0.6) is 0 Å². The van der Waals surface area contributed by atoms with E-state index in [1.807, 2.05) is 12.1 Å². The molecule has 0 fully saturated rings. The molecule has 2 rings (SSSR count). The number of rotatable bonds is 3. The van der Waals surface area contributed by atoms with Gasteiger partial charge in [-0.15, -0.1) is 0 Å². The molecule has 0 saturated heterocycles. The predicted octanol–water partition coefficient (Wildman–Crippen LogP) is 1.85. The van der Waals surface area contributed by atoms with Crippen LogP contribution in [0, 0.1) is 22.7 Å². The number of nitrogens with two attached hydrogens (primary N) is 1. The van der Waals surface area contributed by atoms with Gasteiger partial charge in [-0.2, -0.15) is 10.5 Å². The molecule has 6 nitrogen and oxygen atoms in total. The molecule has 1 heterocycles. The van der Waals surface area contributed by atoms with Crippen LogP contribution in [0.1, 0.15) is 11.1 Å². The quantitative estimate of drug-likeness (QED) is 0.566. The number of benzene rings is 1. The van der Waals surface area contributed by atoms with Gasteiger partial charge in [-0.3, -0.25) is 0 Å². The third-order valence-corrected chi connectivity index (χ3v) is 2.43. The van der Waals surface area contributed by atoms with E-state index in [9.17, 15) is 0 Å². The summed E-state index contributed by atoms with van der Waals surface area (Å²) in [4.78, 5) is 4.19. The molecule has 4 N–H and O–H groups in total. The number of pyridine rings is 1. The monoisotopic (exact) mass is 250 g/mol. The summed E-state index contributed by atoms with van der Waals surface area (Å²) in [6.07, 6.45) is 0. The number of anilines is 3. The molecule has 0 aliphatic carbocycles. The van der Waals surface area contributed by atoms with Gasteiger partial charge in [0.05, 0.1) is 11.1 Å². The summed E-state index contributed by atoms with van der Waals surface area (Å²) >= 11 is 0. The van der Waals surface area contributed by atoms with Crippen molar-refractivity contribution in [2.24, 2.45) is 5.84 Å². The summed E-state index contributed by atoms with van der Waals surface area (Å²) in [6, 6.07) is 14.1. The lowest BCUT2D eigenvalue weighted by molar-refractivity contribution is 1.22. The molecule has 0 amide bonds. The maximum Gasteiger partial charge on any atom is 0.142 e. The van der Waals surface area contributed by atoms with E-state index in [4.69, 9.17) is 16.4 Å². The Morgan fingerprint density at radius 1 is 1.00 bits per heavy atom. The fourth-order valence-corrected chi connectivity index (χ4v) is 1.54. The number of nitrogens with one attached hydrogen (secondary N) is 2. The fraction of sp³-hybridized carbons (Fsp3) is 0. The van der Waals surface area contributed by atoms with Crippen molar-refractivity contribution in [3.8, 4) is 12.1 Å². The van der Waals surface area contributed by atoms with Crippen LogP contribution in [0.4, 0.5) is 17.3 Å². The molecule has 0 bridgehead atoms. The van der Waals surface area contributed by atoms with Crippen LogP contribution in [0.2, 0.25) is 0 Å². The molecule has 0 saturated carbocycles. The van der Waals surface area contributed by atoms with Crippen molar-refractivity contribution in [2.75, 3.05) is 10.7 Å². The molecule has 1 aromatic heterocycles. The number of nitrogen functional groups attached to an aromatic ring is 1. The number of hydrogen-bond acceptors (Lipinski definition) is 6. The minimum atomic E-state index is 0.320. The predicted molar refractivity (Wildman–Crippen MR) is 71.2 cm³/mol. The second kappa shape index (κ2) is 5.50.